The lowest BCUT2D eigenvalue weighted by atomic mass is 9.98. The van der Waals surface area contributed by atoms with Gasteiger partial charge in [-0.05, 0) is 64.9 Å². The Kier molecular flexibility index (Phi) is 9.35. The van der Waals surface area contributed by atoms with Gasteiger partial charge in [0.2, 0.25) is 5.91 Å². The molecule has 5 aromatic rings. The number of aromatic nitrogens is 6. The number of methoxy groups -OCH3 is 1. The zero-order chi connectivity index (χ0) is 30.2. The lowest BCUT2D eigenvalue weighted by Crippen LogP contribution is -2.29. The van der Waals surface area contributed by atoms with E-state index in [9.17, 15) is 9.59 Å². The quantitative estimate of drug-likeness (QED) is 0.201. The fraction of sp³-hybridized carbons (Fsp3) is 0.100. The molecular formula is C30H24Cl2N8O3. The highest BCUT2D eigenvalue weighted by molar-refractivity contribution is 6.31. The minimum atomic E-state index is -0.572. The highest BCUT2D eigenvalue weighted by Gasteiger charge is 2.20. The molecule has 2 amide bonds. The second-order valence-corrected chi connectivity index (χ2v) is 10.0. The first-order valence-corrected chi connectivity index (χ1v) is 13.7. The zero-order valence-electron chi connectivity index (χ0n) is 22.7. The lowest BCUT2D eigenvalue weighted by molar-refractivity contribution is -0.117. The van der Waals surface area contributed by atoms with Crippen LogP contribution in [0.5, 0.6) is 0 Å². The fourth-order valence-corrected chi connectivity index (χ4v) is 4.69. The number of tetrazole rings is 1. The highest BCUT2D eigenvalue weighted by atomic mass is 35.5. The van der Waals surface area contributed by atoms with Crippen LogP contribution in [0.3, 0.4) is 0 Å². The molecule has 216 valence electrons. The monoisotopic (exact) mass is 614 g/mol. The van der Waals surface area contributed by atoms with Crippen molar-refractivity contribution < 1.29 is 14.3 Å². The van der Waals surface area contributed by atoms with E-state index in [1.54, 1.807) is 54.6 Å². The number of rotatable bonds is 9. The third kappa shape index (κ3) is 7.59. The van der Waals surface area contributed by atoms with Crippen LogP contribution >= 0.6 is 23.2 Å². The number of carbonyl (C=O) groups is 2. The average Bonchev–Trinajstić information content (AvgIpc) is 3.56. The van der Waals surface area contributed by atoms with Crippen LogP contribution in [0.25, 0.3) is 23.0 Å². The summed E-state index contributed by atoms with van der Waals surface area (Å²) in [6.45, 7) is 0. The van der Waals surface area contributed by atoms with E-state index in [-0.39, 0.29) is 11.1 Å². The molecule has 0 fully saturated rings. The van der Waals surface area contributed by atoms with Gasteiger partial charge in [0.1, 0.15) is 6.33 Å². The predicted octanol–water partition coefficient (Wildman–Crippen LogP) is 5.72. The number of carbonyl (C=O) groups excluding carboxylic acids is 2. The minimum Gasteiger partial charge on any atom is -0.453 e. The third-order valence-corrected chi connectivity index (χ3v) is 6.89. The molecule has 1 atom stereocenters. The summed E-state index contributed by atoms with van der Waals surface area (Å²) < 4.78 is 6.11. The molecule has 2 aromatic heterocycles. The van der Waals surface area contributed by atoms with Crippen molar-refractivity contribution in [1.82, 2.24) is 35.7 Å². The van der Waals surface area contributed by atoms with Crippen molar-refractivity contribution in [2.45, 2.75) is 12.5 Å². The summed E-state index contributed by atoms with van der Waals surface area (Å²) in [4.78, 5) is 24.8. The first-order valence-electron chi connectivity index (χ1n) is 12.9. The molecule has 0 aliphatic heterocycles. The molecule has 0 aliphatic carbocycles. The number of hydrogen-bond donors (Lipinski definition) is 2. The Morgan fingerprint density at radius 3 is 2.51 bits per heavy atom. The molecule has 0 bridgehead atoms. The first kappa shape index (κ1) is 29.4. The van der Waals surface area contributed by atoms with Crippen LogP contribution in [-0.2, 0) is 16.0 Å². The van der Waals surface area contributed by atoms with Crippen molar-refractivity contribution in [2.75, 3.05) is 12.4 Å². The Balaban J connectivity index is 1.42. The number of nitrogens with one attached hydrogen (secondary N) is 2. The smallest absolute Gasteiger partial charge is 0.411 e. The SMILES string of the molecule is COC(=O)Nc1ccc(-c2cc([C@H](Cc3ccccc3)NC(=O)/C=C/c3cc(Cl)ccc3-n3cnnn3)c(Cl)nn2)cc1. The third-order valence-electron chi connectivity index (χ3n) is 6.36. The van der Waals surface area contributed by atoms with Gasteiger partial charge in [0.15, 0.2) is 5.15 Å². The number of amides is 2. The van der Waals surface area contributed by atoms with E-state index in [4.69, 9.17) is 23.2 Å². The molecule has 2 N–H and O–H groups in total. The van der Waals surface area contributed by atoms with Gasteiger partial charge in [0, 0.05) is 33.5 Å². The van der Waals surface area contributed by atoms with E-state index in [0.717, 1.165) is 11.1 Å². The van der Waals surface area contributed by atoms with Crippen molar-refractivity contribution in [3.05, 3.63) is 118 Å². The van der Waals surface area contributed by atoms with Crippen LogP contribution in [0.1, 0.15) is 22.7 Å². The van der Waals surface area contributed by atoms with Crippen molar-refractivity contribution in [3.63, 3.8) is 0 Å². The van der Waals surface area contributed by atoms with Crippen LogP contribution in [0.2, 0.25) is 10.2 Å². The number of benzene rings is 3. The second kappa shape index (κ2) is 13.7. The van der Waals surface area contributed by atoms with Gasteiger partial charge in [-0.1, -0.05) is 65.7 Å². The number of hydrogen-bond acceptors (Lipinski definition) is 8. The van der Waals surface area contributed by atoms with Crippen LogP contribution in [-0.4, -0.2) is 49.5 Å². The van der Waals surface area contributed by atoms with Gasteiger partial charge in [0.25, 0.3) is 0 Å². The second-order valence-electron chi connectivity index (χ2n) is 9.21. The maximum atomic E-state index is 13.3. The molecule has 0 unspecified atom stereocenters. The predicted molar refractivity (Wildman–Crippen MR) is 163 cm³/mol. The van der Waals surface area contributed by atoms with E-state index in [0.29, 0.717) is 39.6 Å². The Bertz CT molecular complexity index is 1750. The molecule has 0 aliphatic rings. The van der Waals surface area contributed by atoms with Gasteiger partial charge in [-0.25, -0.2) is 4.79 Å². The van der Waals surface area contributed by atoms with E-state index in [2.05, 4.69) is 41.1 Å². The van der Waals surface area contributed by atoms with Gasteiger partial charge in [-0.15, -0.1) is 15.3 Å². The highest BCUT2D eigenvalue weighted by Crippen LogP contribution is 2.29. The molecule has 0 saturated heterocycles. The number of halogens is 2. The van der Waals surface area contributed by atoms with Gasteiger partial charge >= 0.3 is 6.09 Å². The molecule has 0 spiro atoms. The summed E-state index contributed by atoms with van der Waals surface area (Å²) in [5.41, 5.74) is 4.70. The first-order chi connectivity index (χ1) is 20.9. The van der Waals surface area contributed by atoms with E-state index in [1.807, 2.05) is 30.3 Å². The Morgan fingerprint density at radius 1 is 1.00 bits per heavy atom. The van der Waals surface area contributed by atoms with Crippen LogP contribution in [0.4, 0.5) is 10.5 Å². The standard InChI is InChI=1S/C30H24Cl2N8O3/c1-43-30(42)34-23-11-7-20(8-12-23)25-17-24(29(32)37-36-25)26(15-19-5-3-2-4-6-19)35-28(41)14-9-21-16-22(31)10-13-27(21)40-18-33-38-39-40/h2-14,16-18,26H,15H2,1H3,(H,34,42)(H,35,41)/b14-9+/t26-/m0/s1. The van der Waals surface area contributed by atoms with Crippen LogP contribution in [0.15, 0.2) is 91.3 Å². The number of nitrogens with zero attached hydrogens (tertiary/aromatic N) is 6. The number of anilines is 1. The molecule has 43 heavy (non-hydrogen) atoms. The maximum absolute atomic E-state index is 13.3. The van der Waals surface area contributed by atoms with Gasteiger partial charge in [-0.2, -0.15) is 4.68 Å². The van der Waals surface area contributed by atoms with Gasteiger partial charge in [0.05, 0.1) is 24.5 Å². The largest absolute Gasteiger partial charge is 0.453 e. The summed E-state index contributed by atoms with van der Waals surface area (Å²) in [5, 5.41) is 26.0. The van der Waals surface area contributed by atoms with E-state index >= 15 is 0 Å². The molecule has 0 radical (unpaired) electrons. The van der Waals surface area contributed by atoms with Crippen molar-refractivity contribution in [2.24, 2.45) is 0 Å². The summed E-state index contributed by atoms with van der Waals surface area (Å²) in [7, 11) is 1.29. The van der Waals surface area contributed by atoms with Crippen LogP contribution < -0.4 is 10.6 Å². The molecule has 2 heterocycles. The molecule has 11 nitrogen and oxygen atoms in total. The molecular weight excluding hydrogens is 591 g/mol. The van der Waals surface area contributed by atoms with Crippen molar-refractivity contribution in [3.8, 4) is 16.9 Å². The topological polar surface area (TPSA) is 137 Å². The van der Waals surface area contributed by atoms with Crippen LogP contribution in [0, 0.1) is 0 Å². The Hall–Kier alpha value is -5.13. The minimum absolute atomic E-state index is 0.161. The molecule has 13 heteroatoms. The molecule has 3 aromatic carbocycles. The van der Waals surface area contributed by atoms with Gasteiger partial charge in [-0.3, -0.25) is 10.1 Å². The lowest BCUT2D eigenvalue weighted by Gasteiger charge is -2.20. The summed E-state index contributed by atoms with van der Waals surface area (Å²) in [6, 6.07) is 23.2. The molecule has 0 saturated carbocycles. The Labute approximate surface area is 256 Å². The fourth-order valence-electron chi connectivity index (χ4n) is 4.28. The normalized spacial score (nSPS) is 11.7. The van der Waals surface area contributed by atoms with E-state index < -0.39 is 12.1 Å². The summed E-state index contributed by atoms with van der Waals surface area (Å²) in [6.07, 6.45) is 4.38. The molecule has 5 rings (SSSR count). The van der Waals surface area contributed by atoms with Gasteiger partial charge < -0.3 is 10.1 Å². The van der Waals surface area contributed by atoms with E-state index in [1.165, 1.54) is 24.2 Å². The van der Waals surface area contributed by atoms with Crippen molar-refractivity contribution >= 4 is 47.0 Å². The van der Waals surface area contributed by atoms with Crippen molar-refractivity contribution in [1.29, 1.82) is 0 Å². The average molecular weight is 615 g/mol. The zero-order valence-corrected chi connectivity index (χ0v) is 24.2. The number of ether oxygens (including phenoxy) is 1. The summed E-state index contributed by atoms with van der Waals surface area (Å²) in [5.74, 6) is -0.365. The maximum Gasteiger partial charge on any atom is 0.411 e. The Morgan fingerprint density at radius 2 is 1.79 bits per heavy atom. The summed E-state index contributed by atoms with van der Waals surface area (Å²) >= 11 is 12.8.